The zero-order chi connectivity index (χ0) is 20.2. The van der Waals surface area contributed by atoms with Gasteiger partial charge in [0.1, 0.15) is 12.4 Å². The van der Waals surface area contributed by atoms with Gasteiger partial charge in [0.2, 0.25) is 0 Å². The van der Waals surface area contributed by atoms with Gasteiger partial charge in [-0.15, -0.1) is 0 Å². The van der Waals surface area contributed by atoms with Crippen molar-refractivity contribution in [3.05, 3.63) is 60.2 Å². The first kappa shape index (κ1) is 21.8. The van der Waals surface area contributed by atoms with Crippen LogP contribution in [0.1, 0.15) is 18.9 Å². The normalized spacial score (nSPS) is 11.9. The number of hydrogen-bond donors (Lipinski definition) is 2. The molecule has 7 heteroatoms. The summed E-state index contributed by atoms with van der Waals surface area (Å²) in [7, 11) is -3.18. The molecule has 2 rings (SSSR count). The van der Waals surface area contributed by atoms with Crippen LogP contribution in [0, 0.1) is 0 Å². The van der Waals surface area contributed by atoms with E-state index in [1.54, 1.807) is 24.3 Å². The summed E-state index contributed by atoms with van der Waals surface area (Å²) in [5, 5.41) is 6.46. The topological polar surface area (TPSA) is 79.8 Å². The van der Waals surface area contributed by atoms with Gasteiger partial charge in [-0.3, -0.25) is 4.99 Å². The molecule has 2 aromatic carbocycles. The Labute approximate surface area is 168 Å². The maximum atomic E-state index is 11.5. The highest BCUT2D eigenvalue weighted by Crippen LogP contribution is 2.15. The van der Waals surface area contributed by atoms with Crippen LogP contribution in [0.3, 0.4) is 0 Å². The van der Waals surface area contributed by atoms with Gasteiger partial charge < -0.3 is 15.4 Å². The van der Waals surface area contributed by atoms with Crippen LogP contribution in [0.5, 0.6) is 5.75 Å². The van der Waals surface area contributed by atoms with E-state index in [2.05, 4.69) is 39.9 Å². The van der Waals surface area contributed by atoms with Gasteiger partial charge in [0, 0.05) is 19.3 Å². The van der Waals surface area contributed by atoms with Gasteiger partial charge in [-0.1, -0.05) is 30.3 Å². The summed E-state index contributed by atoms with van der Waals surface area (Å²) in [4.78, 5) is 4.87. The molecule has 0 fully saturated rings. The van der Waals surface area contributed by atoms with E-state index in [-0.39, 0.29) is 4.90 Å². The highest BCUT2D eigenvalue weighted by molar-refractivity contribution is 7.90. The molecule has 0 bridgehead atoms. The largest absolute Gasteiger partial charge is 0.492 e. The SMILES string of the molecule is CCNC(=NCCCc1ccccc1)NCCOc1ccc(S(C)(=O)=O)cc1. The Morgan fingerprint density at radius 2 is 1.75 bits per heavy atom. The van der Waals surface area contributed by atoms with Crippen molar-refractivity contribution in [2.45, 2.75) is 24.7 Å². The van der Waals surface area contributed by atoms with Gasteiger partial charge in [-0.25, -0.2) is 8.42 Å². The van der Waals surface area contributed by atoms with Crippen LogP contribution in [-0.4, -0.2) is 46.9 Å². The van der Waals surface area contributed by atoms with E-state index < -0.39 is 9.84 Å². The third-order valence-corrected chi connectivity index (χ3v) is 5.12. The van der Waals surface area contributed by atoms with E-state index >= 15 is 0 Å². The predicted octanol–water partition coefficient (Wildman–Crippen LogP) is 2.66. The minimum atomic E-state index is -3.18. The zero-order valence-electron chi connectivity index (χ0n) is 16.5. The third kappa shape index (κ3) is 8.00. The quantitative estimate of drug-likeness (QED) is 0.362. The average Bonchev–Trinajstić information content (AvgIpc) is 2.69. The lowest BCUT2D eigenvalue weighted by molar-refractivity contribution is 0.321. The zero-order valence-corrected chi connectivity index (χ0v) is 17.3. The van der Waals surface area contributed by atoms with E-state index in [4.69, 9.17) is 4.74 Å². The summed E-state index contributed by atoms with van der Waals surface area (Å²) in [6.45, 7) is 4.61. The van der Waals surface area contributed by atoms with Crippen LogP contribution in [0.2, 0.25) is 0 Å². The number of ether oxygens (including phenoxy) is 1. The summed E-state index contributed by atoms with van der Waals surface area (Å²) >= 11 is 0. The minimum Gasteiger partial charge on any atom is -0.492 e. The van der Waals surface area contributed by atoms with Crippen molar-refractivity contribution in [1.82, 2.24) is 10.6 Å². The lowest BCUT2D eigenvalue weighted by Crippen LogP contribution is -2.39. The smallest absolute Gasteiger partial charge is 0.191 e. The number of nitrogens with zero attached hydrogens (tertiary/aromatic N) is 1. The Hall–Kier alpha value is -2.54. The molecule has 0 aromatic heterocycles. The number of hydrogen-bond acceptors (Lipinski definition) is 4. The fraction of sp³-hybridized carbons (Fsp3) is 0.381. The predicted molar refractivity (Wildman–Crippen MR) is 114 cm³/mol. The fourth-order valence-corrected chi connectivity index (χ4v) is 3.21. The van der Waals surface area contributed by atoms with Crippen molar-refractivity contribution in [1.29, 1.82) is 0 Å². The summed E-state index contributed by atoms with van der Waals surface area (Å²) in [6.07, 6.45) is 3.19. The first-order chi connectivity index (χ1) is 13.5. The van der Waals surface area contributed by atoms with E-state index in [0.29, 0.717) is 18.9 Å². The van der Waals surface area contributed by atoms with E-state index in [0.717, 1.165) is 31.9 Å². The molecule has 6 nitrogen and oxygen atoms in total. The maximum Gasteiger partial charge on any atom is 0.191 e. The number of benzene rings is 2. The molecule has 0 spiro atoms. The van der Waals surface area contributed by atoms with Gasteiger partial charge in [-0.2, -0.15) is 0 Å². The molecule has 0 radical (unpaired) electrons. The van der Waals surface area contributed by atoms with Gasteiger partial charge >= 0.3 is 0 Å². The molecular formula is C21H29N3O3S. The van der Waals surface area contributed by atoms with E-state index in [1.165, 1.54) is 11.8 Å². The Bertz CT molecular complexity index is 835. The Kier molecular flexibility index (Phi) is 8.81. The van der Waals surface area contributed by atoms with Crippen LogP contribution in [-0.2, 0) is 16.3 Å². The number of rotatable bonds is 10. The van der Waals surface area contributed by atoms with Crippen LogP contribution in [0.15, 0.2) is 64.5 Å². The van der Waals surface area contributed by atoms with Gasteiger partial charge in [-0.05, 0) is 49.6 Å². The van der Waals surface area contributed by atoms with Gasteiger partial charge in [0.05, 0.1) is 11.4 Å². The van der Waals surface area contributed by atoms with Crippen LogP contribution < -0.4 is 15.4 Å². The lowest BCUT2D eigenvalue weighted by atomic mass is 10.1. The average molecular weight is 404 g/mol. The first-order valence-electron chi connectivity index (χ1n) is 9.48. The summed E-state index contributed by atoms with van der Waals surface area (Å²) in [5.74, 6) is 1.41. The molecule has 0 saturated carbocycles. The summed E-state index contributed by atoms with van der Waals surface area (Å²) in [6, 6.07) is 16.8. The molecular weight excluding hydrogens is 374 g/mol. The molecule has 0 saturated heterocycles. The molecule has 152 valence electrons. The second-order valence-corrected chi connectivity index (χ2v) is 8.38. The maximum absolute atomic E-state index is 11.5. The molecule has 0 atom stereocenters. The standard InChI is InChI=1S/C21H29N3O3S/c1-3-22-21(23-15-7-10-18-8-5-4-6-9-18)24-16-17-27-19-11-13-20(14-12-19)28(2,25)26/h4-6,8-9,11-14H,3,7,10,15-17H2,1-2H3,(H2,22,23,24). The van der Waals surface area contributed by atoms with E-state index in [9.17, 15) is 8.42 Å². The first-order valence-corrected chi connectivity index (χ1v) is 11.4. The fourth-order valence-electron chi connectivity index (χ4n) is 2.58. The summed E-state index contributed by atoms with van der Waals surface area (Å²) in [5.41, 5.74) is 1.32. The molecule has 0 aliphatic rings. The Morgan fingerprint density at radius 1 is 1.04 bits per heavy atom. The van der Waals surface area contributed by atoms with Crippen molar-refractivity contribution in [3.63, 3.8) is 0 Å². The Balaban J connectivity index is 1.71. The van der Waals surface area contributed by atoms with Crippen molar-refractivity contribution < 1.29 is 13.2 Å². The molecule has 0 unspecified atom stereocenters. The van der Waals surface area contributed by atoms with Gasteiger partial charge in [0.15, 0.2) is 15.8 Å². The molecule has 0 amide bonds. The third-order valence-electron chi connectivity index (χ3n) is 4.00. The lowest BCUT2D eigenvalue weighted by Gasteiger charge is -2.12. The molecule has 0 aliphatic carbocycles. The van der Waals surface area contributed by atoms with Crippen molar-refractivity contribution in [2.75, 3.05) is 32.5 Å². The molecule has 2 N–H and O–H groups in total. The van der Waals surface area contributed by atoms with Crippen molar-refractivity contribution in [2.24, 2.45) is 4.99 Å². The second-order valence-electron chi connectivity index (χ2n) is 6.37. The number of guanidine groups is 1. The van der Waals surface area contributed by atoms with Crippen LogP contribution in [0.4, 0.5) is 0 Å². The minimum absolute atomic E-state index is 0.287. The summed E-state index contributed by atoms with van der Waals surface area (Å²) < 4.78 is 28.6. The number of nitrogens with one attached hydrogen (secondary N) is 2. The number of sulfone groups is 1. The monoisotopic (exact) mass is 403 g/mol. The number of aliphatic imine (C=N–C) groups is 1. The Morgan fingerprint density at radius 3 is 2.39 bits per heavy atom. The molecule has 0 heterocycles. The van der Waals surface area contributed by atoms with Crippen molar-refractivity contribution >= 4 is 15.8 Å². The van der Waals surface area contributed by atoms with Crippen molar-refractivity contribution in [3.8, 4) is 5.75 Å². The number of aryl methyl sites for hydroxylation is 1. The van der Waals surface area contributed by atoms with E-state index in [1.807, 2.05) is 13.0 Å². The molecule has 28 heavy (non-hydrogen) atoms. The highest BCUT2D eigenvalue weighted by Gasteiger charge is 2.06. The molecule has 2 aromatic rings. The second kappa shape index (κ2) is 11.3. The van der Waals surface area contributed by atoms with Crippen LogP contribution in [0.25, 0.3) is 0 Å². The molecule has 0 aliphatic heterocycles. The van der Waals surface area contributed by atoms with Gasteiger partial charge in [0.25, 0.3) is 0 Å². The van der Waals surface area contributed by atoms with Crippen LogP contribution >= 0.6 is 0 Å². The highest BCUT2D eigenvalue weighted by atomic mass is 32.2.